The van der Waals surface area contributed by atoms with Gasteiger partial charge in [-0.3, -0.25) is 14.6 Å². The zero-order valence-electron chi connectivity index (χ0n) is 14.4. The van der Waals surface area contributed by atoms with E-state index in [0.717, 1.165) is 16.6 Å². The molecule has 2 heterocycles. The number of rotatable bonds is 5. The monoisotopic (exact) mass is 371 g/mol. The highest BCUT2D eigenvalue weighted by Crippen LogP contribution is 2.29. The SMILES string of the molecule is Cc1cc(C)c(CNC(=O)COc2ccc(Cl)c3cccnc23)c(=O)[nH]1. The van der Waals surface area contributed by atoms with Crippen molar-refractivity contribution in [3.63, 3.8) is 0 Å². The molecular formula is C19H18ClN3O3. The number of benzene rings is 1. The molecule has 0 saturated heterocycles. The van der Waals surface area contributed by atoms with Gasteiger partial charge in [0, 0.05) is 29.4 Å². The lowest BCUT2D eigenvalue weighted by Crippen LogP contribution is -2.31. The summed E-state index contributed by atoms with van der Waals surface area (Å²) in [5, 5.41) is 4.03. The Morgan fingerprint density at radius 3 is 2.88 bits per heavy atom. The summed E-state index contributed by atoms with van der Waals surface area (Å²) in [5.41, 5.74) is 2.55. The van der Waals surface area contributed by atoms with Crippen LogP contribution in [0.25, 0.3) is 10.9 Å². The van der Waals surface area contributed by atoms with Crippen LogP contribution in [0.4, 0.5) is 0 Å². The summed E-state index contributed by atoms with van der Waals surface area (Å²) < 4.78 is 5.58. The van der Waals surface area contributed by atoms with Crippen molar-refractivity contribution in [1.82, 2.24) is 15.3 Å². The number of ether oxygens (including phenoxy) is 1. The van der Waals surface area contributed by atoms with Crippen molar-refractivity contribution >= 4 is 28.4 Å². The summed E-state index contributed by atoms with van der Waals surface area (Å²) in [5.74, 6) is 0.146. The van der Waals surface area contributed by atoms with E-state index >= 15 is 0 Å². The standard InChI is InChI=1S/C19H18ClN3O3/c1-11-8-12(2)23-19(25)14(11)9-22-17(24)10-26-16-6-5-15(20)13-4-3-7-21-18(13)16/h3-8H,9-10H2,1-2H3,(H,22,24)(H,23,25). The van der Waals surface area contributed by atoms with Gasteiger partial charge in [-0.2, -0.15) is 0 Å². The molecule has 1 amide bonds. The number of H-pyrrole nitrogens is 1. The van der Waals surface area contributed by atoms with E-state index in [1.54, 1.807) is 24.4 Å². The van der Waals surface area contributed by atoms with E-state index in [2.05, 4.69) is 15.3 Å². The molecule has 0 radical (unpaired) electrons. The van der Waals surface area contributed by atoms with Crippen LogP contribution in [0.5, 0.6) is 5.75 Å². The topological polar surface area (TPSA) is 84.1 Å². The molecule has 0 unspecified atom stereocenters. The summed E-state index contributed by atoms with van der Waals surface area (Å²) in [4.78, 5) is 31.0. The highest BCUT2D eigenvalue weighted by molar-refractivity contribution is 6.35. The highest BCUT2D eigenvalue weighted by atomic mass is 35.5. The van der Waals surface area contributed by atoms with Gasteiger partial charge >= 0.3 is 0 Å². The molecule has 3 aromatic rings. The Labute approximate surface area is 155 Å². The number of nitrogens with one attached hydrogen (secondary N) is 2. The van der Waals surface area contributed by atoms with E-state index in [4.69, 9.17) is 16.3 Å². The number of nitrogens with zero attached hydrogens (tertiary/aromatic N) is 1. The van der Waals surface area contributed by atoms with Crippen molar-refractivity contribution in [2.75, 3.05) is 6.61 Å². The van der Waals surface area contributed by atoms with E-state index in [9.17, 15) is 9.59 Å². The fourth-order valence-electron chi connectivity index (χ4n) is 2.71. The minimum Gasteiger partial charge on any atom is -0.481 e. The maximum Gasteiger partial charge on any atom is 0.258 e. The zero-order chi connectivity index (χ0) is 18.7. The van der Waals surface area contributed by atoms with Gasteiger partial charge in [-0.15, -0.1) is 0 Å². The minimum absolute atomic E-state index is 0.142. The van der Waals surface area contributed by atoms with Gasteiger partial charge in [-0.25, -0.2) is 0 Å². The van der Waals surface area contributed by atoms with Crippen LogP contribution in [0.1, 0.15) is 16.8 Å². The number of carbonyl (C=O) groups excluding carboxylic acids is 1. The molecule has 0 atom stereocenters. The number of pyridine rings is 2. The Morgan fingerprint density at radius 1 is 1.31 bits per heavy atom. The zero-order valence-corrected chi connectivity index (χ0v) is 15.2. The van der Waals surface area contributed by atoms with Crippen molar-refractivity contribution in [1.29, 1.82) is 0 Å². The molecule has 134 valence electrons. The van der Waals surface area contributed by atoms with Gasteiger partial charge in [0.25, 0.3) is 11.5 Å². The van der Waals surface area contributed by atoms with Crippen LogP contribution in [0.2, 0.25) is 5.02 Å². The van der Waals surface area contributed by atoms with Crippen molar-refractivity contribution in [2.24, 2.45) is 0 Å². The molecule has 26 heavy (non-hydrogen) atoms. The second-order valence-electron chi connectivity index (χ2n) is 5.95. The predicted octanol–water partition coefficient (Wildman–Crippen LogP) is 2.89. The first kappa shape index (κ1) is 17.9. The lowest BCUT2D eigenvalue weighted by atomic mass is 10.1. The van der Waals surface area contributed by atoms with Gasteiger partial charge in [0.05, 0.1) is 5.02 Å². The highest BCUT2D eigenvalue weighted by Gasteiger charge is 2.11. The van der Waals surface area contributed by atoms with Crippen molar-refractivity contribution in [3.05, 3.63) is 68.7 Å². The third kappa shape index (κ3) is 3.86. The number of aromatic nitrogens is 2. The van der Waals surface area contributed by atoms with Crippen LogP contribution >= 0.6 is 11.6 Å². The molecule has 3 rings (SSSR count). The molecule has 0 aliphatic heterocycles. The van der Waals surface area contributed by atoms with E-state index in [0.29, 0.717) is 21.9 Å². The molecule has 2 aromatic heterocycles. The Morgan fingerprint density at radius 2 is 2.12 bits per heavy atom. The van der Waals surface area contributed by atoms with E-state index in [1.807, 2.05) is 26.0 Å². The normalized spacial score (nSPS) is 10.7. The number of amides is 1. The van der Waals surface area contributed by atoms with Crippen molar-refractivity contribution < 1.29 is 9.53 Å². The molecular weight excluding hydrogens is 354 g/mol. The first-order valence-electron chi connectivity index (χ1n) is 8.08. The number of hydrogen-bond donors (Lipinski definition) is 2. The lowest BCUT2D eigenvalue weighted by molar-refractivity contribution is -0.123. The third-order valence-electron chi connectivity index (χ3n) is 3.99. The Bertz CT molecular complexity index is 1030. The fourth-order valence-corrected chi connectivity index (χ4v) is 2.93. The Balaban J connectivity index is 1.65. The van der Waals surface area contributed by atoms with Crippen LogP contribution in [0.15, 0.2) is 41.3 Å². The van der Waals surface area contributed by atoms with Gasteiger partial charge in [0.2, 0.25) is 0 Å². The van der Waals surface area contributed by atoms with Crippen LogP contribution in [0.3, 0.4) is 0 Å². The summed E-state index contributed by atoms with van der Waals surface area (Å²) in [7, 11) is 0. The number of hydrogen-bond acceptors (Lipinski definition) is 4. The van der Waals surface area contributed by atoms with E-state index in [1.165, 1.54) is 0 Å². The smallest absolute Gasteiger partial charge is 0.258 e. The summed E-state index contributed by atoms with van der Waals surface area (Å²) >= 11 is 6.14. The molecule has 2 N–H and O–H groups in total. The Hall–Kier alpha value is -2.86. The number of aromatic amines is 1. The number of fused-ring (bicyclic) bond motifs is 1. The first-order valence-corrected chi connectivity index (χ1v) is 8.45. The lowest BCUT2D eigenvalue weighted by Gasteiger charge is -2.11. The molecule has 0 saturated carbocycles. The van der Waals surface area contributed by atoms with Crippen molar-refractivity contribution in [3.8, 4) is 5.75 Å². The van der Waals surface area contributed by atoms with Gasteiger partial charge < -0.3 is 15.0 Å². The quantitative estimate of drug-likeness (QED) is 0.722. The van der Waals surface area contributed by atoms with Crippen LogP contribution in [0, 0.1) is 13.8 Å². The molecule has 0 aliphatic carbocycles. The van der Waals surface area contributed by atoms with Crippen LogP contribution < -0.4 is 15.6 Å². The van der Waals surface area contributed by atoms with Gasteiger partial charge in [-0.1, -0.05) is 11.6 Å². The molecule has 6 nitrogen and oxygen atoms in total. The van der Waals surface area contributed by atoms with E-state index in [-0.39, 0.29) is 24.6 Å². The molecule has 0 fully saturated rings. The average Bonchev–Trinajstić information content (AvgIpc) is 2.60. The fraction of sp³-hybridized carbons (Fsp3) is 0.211. The number of carbonyl (C=O) groups is 1. The maximum absolute atomic E-state index is 12.1. The summed E-state index contributed by atoms with van der Waals surface area (Å²) in [6, 6.07) is 8.87. The largest absolute Gasteiger partial charge is 0.481 e. The second-order valence-corrected chi connectivity index (χ2v) is 6.36. The van der Waals surface area contributed by atoms with Crippen LogP contribution in [-0.4, -0.2) is 22.5 Å². The summed E-state index contributed by atoms with van der Waals surface area (Å²) in [6.07, 6.45) is 1.64. The van der Waals surface area contributed by atoms with Crippen molar-refractivity contribution in [2.45, 2.75) is 20.4 Å². The van der Waals surface area contributed by atoms with E-state index < -0.39 is 0 Å². The minimum atomic E-state index is -0.330. The molecule has 1 aromatic carbocycles. The maximum atomic E-state index is 12.1. The molecule has 7 heteroatoms. The van der Waals surface area contributed by atoms with Crippen LogP contribution in [-0.2, 0) is 11.3 Å². The predicted molar refractivity (Wildman–Crippen MR) is 101 cm³/mol. The molecule has 0 aliphatic rings. The average molecular weight is 372 g/mol. The molecule has 0 bridgehead atoms. The summed E-state index contributed by atoms with van der Waals surface area (Å²) in [6.45, 7) is 3.61. The van der Waals surface area contributed by atoms with Gasteiger partial charge in [0.15, 0.2) is 6.61 Å². The second kappa shape index (κ2) is 7.58. The number of halogens is 1. The third-order valence-corrected chi connectivity index (χ3v) is 4.32. The van der Waals surface area contributed by atoms with Gasteiger partial charge in [0.1, 0.15) is 11.3 Å². The Kier molecular flexibility index (Phi) is 5.23. The van der Waals surface area contributed by atoms with Gasteiger partial charge in [-0.05, 0) is 49.7 Å². The molecule has 0 spiro atoms. The number of aryl methyl sites for hydroxylation is 2. The first-order chi connectivity index (χ1) is 12.5.